The van der Waals surface area contributed by atoms with Gasteiger partial charge in [0.1, 0.15) is 0 Å². The Morgan fingerprint density at radius 2 is 1.08 bits per heavy atom. The Kier molecular flexibility index (Phi) is 5.63. The standard InChI is InChI=1S/C23H17NO2/c25-22(13-11-18-7-3-1-4-8-18)20-15-21(17-24-16-20)23(26)14-12-19-9-5-2-6-10-19/h1-17H/b13-11-,14-12-. The van der Waals surface area contributed by atoms with Crippen LogP contribution in [0.2, 0.25) is 0 Å². The summed E-state index contributed by atoms with van der Waals surface area (Å²) < 4.78 is 0. The molecule has 0 aliphatic carbocycles. The third-order valence-electron chi connectivity index (χ3n) is 3.76. The van der Waals surface area contributed by atoms with Gasteiger partial charge in [0.05, 0.1) is 0 Å². The normalized spacial score (nSPS) is 11.1. The summed E-state index contributed by atoms with van der Waals surface area (Å²) in [5, 5.41) is 0. The molecule has 1 aromatic heterocycles. The summed E-state index contributed by atoms with van der Waals surface area (Å²) in [6.07, 6.45) is 9.39. The van der Waals surface area contributed by atoms with Crippen molar-refractivity contribution in [1.82, 2.24) is 4.98 Å². The highest BCUT2D eigenvalue weighted by molar-refractivity contribution is 6.10. The minimum atomic E-state index is -0.192. The minimum Gasteiger partial charge on any atom is -0.289 e. The lowest BCUT2D eigenvalue weighted by molar-refractivity contribution is 0.104. The minimum absolute atomic E-state index is 0.192. The summed E-state index contributed by atoms with van der Waals surface area (Å²) in [7, 11) is 0. The largest absolute Gasteiger partial charge is 0.289 e. The van der Waals surface area contributed by atoms with Crippen LogP contribution >= 0.6 is 0 Å². The van der Waals surface area contributed by atoms with Gasteiger partial charge in [-0.25, -0.2) is 0 Å². The van der Waals surface area contributed by atoms with E-state index < -0.39 is 0 Å². The SMILES string of the molecule is O=C(/C=C\c1ccccc1)c1cncc(C(=O)/C=C\c2ccccc2)c1. The smallest absolute Gasteiger partial charge is 0.187 e. The van der Waals surface area contributed by atoms with E-state index in [0.29, 0.717) is 11.1 Å². The summed E-state index contributed by atoms with van der Waals surface area (Å²) in [5.41, 5.74) is 2.64. The Balaban J connectivity index is 1.73. The molecule has 0 spiro atoms. The maximum absolute atomic E-state index is 12.3. The van der Waals surface area contributed by atoms with Crippen molar-refractivity contribution in [3.8, 4) is 0 Å². The van der Waals surface area contributed by atoms with Crippen LogP contribution in [0.5, 0.6) is 0 Å². The molecule has 0 atom stereocenters. The maximum atomic E-state index is 12.3. The van der Waals surface area contributed by atoms with Crippen molar-refractivity contribution < 1.29 is 9.59 Å². The van der Waals surface area contributed by atoms with Crippen LogP contribution in [0, 0.1) is 0 Å². The van der Waals surface area contributed by atoms with Gasteiger partial charge in [-0.05, 0) is 29.3 Å². The molecule has 1 heterocycles. The number of carbonyl (C=O) groups excluding carboxylic acids is 2. The van der Waals surface area contributed by atoms with Crippen molar-refractivity contribution >= 4 is 23.7 Å². The number of aromatic nitrogens is 1. The molecular formula is C23H17NO2. The third-order valence-corrected chi connectivity index (χ3v) is 3.76. The predicted molar refractivity (Wildman–Crippen MR) is 104 cm³/mol. The number of rotatable bonds is 6. The quantitative estimate of drug-likeness (QED) is 0.475. The molecule has 3 heteroatoms. The molecule has 0 saturated carbocycles. The third kappa shape index (κ3) is 4.71. The van der Waals surface area contributed by atoms with Crippen LogP contribution in [0.3, 0.4) is 0 Å². The molecule has 0 saturated heterocycles. The second-order valence-corrected chi connectivity index (χ2v) is 5.68. The zero-order valence-electron chi connectivity index (χ0n) is 14.1. The summed E-state index contributed by atoms with van der Waals surface area (Å²) in [5.74, 6) is -0.383. The number of carbonyl (C=O) groups is 2. The zero-order chi connectivity index (χ0) is 18.2. The molecule has 2 aromatic carbocycles. The van der Waals surface area contributed by atoms with E-state index in [1.165, 1.54) is 24.5 Å². The topological polar surface area (TPSA) is 47.0 Å². The molecule has 126 valence electrons. The van der Waals surface area contributed by atoms with E-state index in [4.69, 9.17) is 0 Å². The van der Waals surface area contributed by atoms with E-state index in [1.54, 1.807) is 18.2 Å². The Labute approximate surface area is 152 Å². The highest BCUT2D eigenvalue weighted by atomic mass is 16.1. The molecule has 0 N–H and O–H groups in total. The van der Waals surface area contributed by atoms with E-state index in [-0.39, 0.29) is 11.6 Å². The second-order valence-electron chi connectivity index (χ2n) is 5.68. The molecule has 3 nitrogen and oxygen atoms in total. The number of nitrogens with zero attached hydrogens (tertiary/aromatic N) is 1. The summed E-state index contributed by atoms with van der Waals surface area (Å²) in [6, 6.07) is 20.7. The number of hydrogen-bond donors (Lipinski definition) is 0. The molecule has 3 rings (SSSR count). The molecule has 0 fully saturated rings. The van der Waals surface area contributed by atoms with Crippen molar-refractivity contribution in [2.75, 3.05) is 0 Å². The lowest BCUT2D eigenvalue weighted by Gasteiger charge is -1.99. The first-order chi connectivity index (χ1) is 12.7. The van der Waals surface area contributed by atoms with E-state index in [9.17, 15) is 9.59 Å². The molecule has 0 unspecified atom stereocenters. The highest BCUT2D eigenvalue weighted by Gasteiger charge is 2.08. The molecule has 26 heavy (non-hydrogen) atoms. The van der Waals surface area contributed by atoms with Crippen molar-refractivity contribution in [2.45, 2.75) is 0 Å². The van der Waals surface area contributed by atoms with Gasteiger partial charge in [-0.1, -0.05) is 72.8 Å². The molecule has 0 radical (unpaired) electrons. The van der Waals surface area contributed by atoms with E-state index >= 15 is 0 Å². The van der Waals surface area contributed by atoms with Gasteiger partial charge < -0.3 is 0 Å². The Morgan fingerprint density at radius 1 is 0.654 bits per heavy atom. The van der Waals surface area contributed by atoms with Crippen molar-refractivity contribution in [2.24, 2.45) is 0 Å². The molecule has 0 aliphatic heterocycles. The number of allylic oxidation sites excluding steroid dienone is 2. The average Bonchev–Trinajstić information content (AvgIpc) is 2.72. The Hall–Kier alpha value is -3.59. The van der Waals surface area contributed by atoms with Crippen LogP contribution < -0.4 is 0 Å². The fourth-order valence-corrected chi connectivity index (χ4v) is 2.37. The van der Waals surface area contributed by atoms with Crippen LogP contribution in [0.15, 0.2) is 91.3 Å². The van der Waals surface area contributed by atoms with Gasteiger partial charge in [0.25, 0.3) is 0 Å². The lowest BCUT2D eigenvalue weighted by atomic mass is 10.1. The maximum Gasteiger partial charge on any atom is 0.187 e. The van der Waals surface area contributed by atoms with Crippen LogP contribution in [0.25, 0.3) is 12.2 Å². The van der Waals surface area contributed by atoms with Crippen molar-refractivity contribution in [1.29, 1.82) is 0 Å². The zero-order valence-corrected chi connectivity index (χ0v) is 14.1. The molecule has 3 aromatic rings. The number of pyridine rings is 1. The number of hydrogen-bond acceptors (Lipinski definition) is 3. The van der Waals surface area contributed by atoms with E-state index in [0.717, 1.165) is 11.1 Å². The van der Waals surface area contributed by atoms with Gasteiger partial charge >= 0.3 is 0 Å². The Morgan fingerprint density at radius 3 is 1.50 bits per heavy atom. The second kappa shape index (κ2) is 8.49. The first-order valence-electron chi connectivity index (χ1n) is 8.22. The van der Waals surface area contributed by atoms with Crippen molar-refractivity contribution in [3.05, 3.63) is 114 Å². The van der Waals surface area contributed by atoms with E-state index in [2.05, 4.69) is 4.98 Å². The monoisotopic (exact) mass is 339 g/mol. The molecule has 0 aliphatic rings. The van der Waals surface area contributed by atoms with Gasteiger partial charge in [-0.2, -0.15) is 0 Å². The van der Waals surface area contributed by atoms with Gasteiger partial charge in [-0.3, -0.25) is 14.6 Å². The first-order valence-corrected chi connectivity index (χ1v) is 8.22. The number of ketones is 2. The first kappa shape index (κ1) is 17.2. The Bertz CT molecular complexity index is 881. The lowest BCUT2D eigenvalue weighted by Crippen LogP contribution is -2.01. The fraction of sp³-hybridized carbons (Fsp3) is 0. The number of benzene rings is 2. The van der Waals surface area contributed by atoms with E-state index in [1.807, 2.05) is 60.7 Å². The summed E-state index contributed by atoms with van der Waals surface area (Å²) in [4.78, 5) is 28.7. The van der Waals surface area contributed by atoms with Crippen LogP contribution in [-0.2, 0) is 0 Å². The van der Waals surface area contributed by atoms with Gasteiger partial charge in [0.15, 0.2) is 11.6 Å². The predicted octanol–water partition coefficient (Wildman–Crippen LogP) is 4.87. The van der Waals surface area contributed by atoms with Gasteiger partial charge in [0.2, 0.25) is 0 Å². The van der Waals surface area contributed by atoms with Gasteiger partial charge in [0, 0.05) is 23.5 Å². The summed E-state index contributed by atoms with van der Waals surface area (Å²) >= 11 is 0. The summed E-state index contributed by atoms with van der Waals surface area (Å²) in [6.45, 7) is 0. The molecule has 0 amide bonds. The molecule has 0 bridgehead atoms. The van der Waals surface area contributed by atoms with Crippen LogP contribution in [0.1, 0.15) is 31.8 Å². The van der Waals surface area contributed by atoms with Crippen LogP contribution in [0.4, 0.5) is 0 Å². The highest BCUT2D eigenvalue weighted by Crippen LogP contribution is 2.09. The van der Waals surface area contributed by atoms with Crippen molar-refractivity contribution in [3.63, 3.8) is 0 Å². The van der Waals surface area contributed by atoms with Crippen LogP contribution in [-0.4, -0.2) is 16.6 Å². The molecular weight excluding hydrogens is 322 g/mol. The average molecular weight is 339 g/mol. The fourth-order valence-electron chi connectivity index (χ4n) is 2.37. The van der Waals surface area contributed by atoms with Gasteiger partial charge in [-0.15, -0.1) is 0 Å².